The molecule has 2 N–H and O–H groups in total. The fraction of sp³-hybridized carbons (Fsp3) is 0. The van der Waals surface area contributed by atoms with Gasteiger partial charge < -0.3 is 5.73 Å². The Hall–Kier alpha value is -1.39. The molecule has 0 bridgehead atoms. The Kier molecular flexibility index (Phi) is 1.97. The Morgan fingerprint density at radius 2 is 1.87 bits per heavy atom. The Morgan fingerprint density at radius 3 is 2.60 bits per heavy atom. The summed E-state index contributed by atoms with van der Waals surface area (Å²) in [6, 6.07) is 12.4. The van der Waals surface area contributed by atoms with Crippen LogP contribution in [0.3, 0.4) is 0 Å². The van der Waals surface area contributed by atoms with Crippen molar-refractivity contribution >= 4 is 37.3 Å². The van der Waals surface area contributed by atoms with Gasteiger partial charge in [0.2, 0.25) is 0 Å². The molecule has 2 nitrogen and oxygen atoms in total. The lowest BCUT2D eigenvalue weighted by molar-refractivity contribution is 1.51. The van der Waals surface area contributed by atoms with Gasteiger partial charge in [-0.25, -0.2) is 4.98 Å². The summed E-state index contributed by atoms with van der Waals surface area (Å²) < 4.78 is 1.20. The molecule has 0 fully saturated rings. The van der Waals surface area contributed by atoms with Crippen LogP contribution >= 0.6 is 22.7 Å². The molecule has 74 valence electrons. The number of fused-ring (bicyclic) bond motifs is 1. The van der Waals surface area contributed by atoms with Gasteiger partial charge in [-0.3, -0.25) is 0 Å². The van der Waals surface area contributed by atoms with Crippen LogP contribution in [-0.4, -0.2) is 4.98 Å². The topological polar surface area (TPSA) is 38.9 Å². The SMILES string of the molecule is Nc1nc2cc(-c3ccccc3)sc2s1. The van der Waals surface area contributed by atoms with Crippen molar-refractivity contribution in [2.45, 2.75) is 0 Å². The largest absolute Gasteiger partial charge is 0.375 e. The number of thiophene rings is 1. The van der Waals surface area contributed by atoms with Crippen molar-refractivity contribution in [3.63, 3.8) is 0 Å². The van der Waals surface area contributed by atoms with Crippen molar-refractivity contribution in [2.24, 2.45) is 0 Å². The number of thiazole rings is 1. The molecule has 3 rings (SSSR count). The van der Waals surface area contributed by atoms with Gasteiger partial charge in [-0.2, -0.15) is 0 Å². The summed E-state index contributed by atoms with van der Waals surface area (Å²) in [4.78, 5) is 5.52. The number of rotatable bonds is 1. The van der Waals surface area contributed by atoms with Crippen LogP contribution in [0.1, 0.15) is 0 Å². The molecule has 2 heterocycles. The number of hydrogen-bond acceptors (Lipinski definition) is 4. The molecule has 15 heavy (non-hydrogen) atoms. The van der Waals surface area contributed by atoms with Crippen molar-refractivity contribution in [1.29, 1.82) is 0 Å². The minimum absolute atomic E-state index is 0.649. The second-order valence-corrected chi connectivity index (χ2v) is 5.54. The Bertz CT molecular complexity index is 564. The van der Waals surface area contributed by atoms with Crippen LogP contribution in [0.4, 0.5) is 5.13 Å². The maximum atomic E-state index is 5.64. The second-order valence-electron chi connectivity index (χ2n) is 3.20. The zero-order valence-corrected chi connectivity index (χ0v) is 9.44. The summed E-state index contributed by atoms with van der Waals surface area (Å²) in [5.41, 5.74) is 7.89. The van der Waals surface area contributed by atoms with E-state index in [0.717, 1.165) is 5.52 Å². The molecule has 4 heteroatoms. The zero-order valence-electron chi connectivity index (χ0n) is 7.81. The summed E-state index contributed by atoms with van der Waals surface area (Å²) in [5.74, 6) is 0. The van der Waals surface area contributed by atoms with E-state index >= 15 is 0 Å². The number of nitrogen functional groups attached to an aromatic ring is 1. The van der Waals surface area contributed by atoms with Crippen LogP contribution in [0, 0.1) is 0 Å². The van der Waals surface area contributed by atoms with Crippen molar-refractivity contribution < 1.29 is 0 Å². The summed E-state index contributed by atoms with van der Waals surface area (Å²) >= 11 is 3.30. The number of hydrogen-bond donors (Lipinski definition) is 1. The monoisotopic (exact) mass is 232 g/mol. The van der Waals surface area contributed by atoms with Crippen LogP contribution in [0.25, 0.3) is 20.0 Å². The minimum Gasteiger partial charge on any atom is -0.375 e. The van der Waals surface area contributed by atoms with Gasteiger partial charge in [-0.15, -0.1) is 11.3 Å². The summed E-state index contributed by atoms with van der Waals surface area (Å²) in [6.45, 7) is 0. The first-order valence-electron chi connectivity index (χ1n) is 4.54. The summed E-state index contributed by atoms with van der Waals surface area (Å²) in [7, 11) is 0. The van der Waals surface area contributed by atoms with E-state index in [4.69, 9.17) is 5.73 Å². The Labute approximate surface area is 95.0 Å². The van der Waals surface area contributed by atoms with Gasteiger partial charge in [-0.1, -0.05) is 41.7 Å². The van der Waals surface area contributed by atoms with E-state index in [1.165, 1.54) is 14.5 Å². The Morgan fingerprint density at radius 1 is 1.07 bits per heavy atom. The highest BCUT2D eigenvalue weighted by atomic mass is 32.2. The third-order valence-corrected chi connectivity index (χ3v) is 4.33. The molecule has 0 unspecified atom stereocenters. The third-order valence-electron chi connectivity index (χ3n) is 2.17. The number of anilines is 1. The smallest absolute Gasteiger partial charge is 0.181 e. The van der Waals surface area contributed by atoms with Gasteiger partial charge in [0.05, 0.1) is 5.52 Å². The maximum absolute atomic E-state index is 5.64. The Balaban J connectivity index is 2.16. The molecule has 2 aromatic heterocycles. The molecule has 0 saturated carbocycles. The zero-order chi connectivity index (χ0) is 10.3. The normalized spacial score (nSPS) is 10.9. The van der Waals surface area contributed by atoms with E-state index in [1.807, 2.05) is 18.2 Å². The fourth-order valence-electron chi connectivity index (χ4n) is 1.50. The van der Waals surface area contributed by atoms with Crippen LogP contribution in [-0.2, 0) is 0 Å². The fourth-order valence-corrected chi connectivity index (χ4v) is 3.57. The molecular weight excluding hydrogens is 224 g/mol. The first-order chi connectivity index (χ1) is 7.33. The predicted octanol–water partition coefficient (Wildman–Crippen LogP) is 3.61. The lowest BCUT2D eigenvalue weighted by atomic mass is 10.2. The highest BCUT2D eigenvalue weighted by molar-refractivity contribution is 7.40. The number of nitrogens with two attached hydrogens (primary N) is 1. The minimum atomic E-state index is 0.649. The molecule has 0 aliphatic heterocycles. The molecule has 0 spiro atoms. The van der Waals surface area contributed by atoms with Crippen LogP contribution < -0.4 is 5.73 Å². The summed E-state index contributed by atoms with van der Waals surface area (Å²) in [5, 5.41) is 0.649. The van der Waals surface area contributed by atoms with E-state index in [-0.39, 0.29) is 0 Å². The standard InChI is InChI=1S/C11H8N2S2/c12-11-13-8-6-9(14-10(8)15-11)7-4-2-1-3-5-7/h1-6H,(H2,12,13). The van der Waals surface area contributed by atoms with E-state index in [2.05, 4.69) is 23.2 Å². The highest BCUT2D eigenvalue weighted by Crippen LogP contribution is 2.37. The van der Waals surface area contributed by atoms with Crippen molar-refractivity contribution in [1.82, 2.24) is 4.98 Å². The number of nitrogens with zero attached hydrogens (tertiary/aromatic N) is 1. The maximum Gasteiger partial charge on any atom is 0.181 e. The first-order valence-corrected chi connectivity index (χ1v) is 6.17. The molecular formula is C11H8N2S2. The molecule has 0 atom stereocenters. The molecule has 0 aliphatic carbocycles. The third kappa shape index (κ3) is 1.52. The van der Waals surface area contributed by atoms with E-state index in [1.54, 1.807) is 22.7 Å². The number of benzene rings is 1. The van der Waals surface area contributed by atoms with Gasteiger partial charge in [0.25, 0.3) is 0 Å². The van der Waals surface area contributed by atoms with E-state index in [9.17, 15) is 0 Å². The molecule has 0 radical (unpaired) electrons. The molecule has 1 aromatic carbocycles. The van der Waals surface area contributed by atoms with Gasteiger partial charge in [0.1, 0.15) is 4.01 Å². The van der Waals surface area contributed by atoms with Crippen LogP contribution in [0.2, 0.25) is 0 Å². The first kappa shape index (κ1) is 8.88. The van der Waals surface area contributed by atoms with Crippen molar-refractivity contribution in [2.75, 3.05) is 5.73 Å². The quantitative estimate of drug-likeness (QED) is 0.696. The average molecular weight is 232 g/mol. The lowest BCUT2D eigenvalue weighted by Gasteiger charge is -1.93. The summed E-state index contributed by atoms with van der Waals surface area (Å²) in [6.07, 6.45) is 0. The highest BCUT2D eigenvalue weighted by Gasteiger charge is 2.07. The molecule has 3 aromatic rings. The lowest BCUT2D eigenvalue weighted by Crippen LogP contribution is -1.78. The molecule has 0 amide bonds. The predicted molar refractivity (Wildman–Crippen MR) is 67.3 cm³/mol. The van der Waals surface area contributed by atoms with Crippen LogP contribution in [0.15, 0.2) is 36.4 Å². The van der Waals surface area contributed by atoms with Gasteiger partial charge in [0, 0.05) is 4.88 Å². The van der Waals surface area contributed by atoms with Gasteiger partial charge in [-0.05, 0) is 11.6 Å². The van der Waals surface area contributed by atoms with E-state index in [0.29, 0.717) is 5.13 Å². The van der Waals surface area contributed by atoms with Gasteiger partial charge >= 0.3 is 0 Å². The number of aromatic nitrogens is 1. The van der Waals surface area contributed by atoms with Crippen molar-refractivity contribution in [3.8, 4) is 10.4 Å². The molecule has 0 saturated heterocycles. The van der Waals surface area contributed by atoms with Crippen molar-refractivity contribution in [3.05, 3.63) is 36.4 Å². The van der Waals surface area contributed by atoms with Gasteiger partial charge in [0.15, 0.2) is 5.13 Å². The average Bonchev–Trinajstić information content (AvgIpc) is 2.76. The van der Waals surface area contributed by atoms with Crippen LogP contribution in [0.5, 0.6) is 0 Å². The molecule has 0 aliphatic rings. The second kappa shape index (κ2) is 3.32. The van der Waals surface area contributed by atoms with E-state index < -0.39 is 0 Å².